The SMILES string of the molecule is Nc1cnc(NCCCn2ccnc2)s1. The lowest BCUT2D eigenvalue weighted by molar-refractivity contribution is 0.660. The molecule has 6 heteroatoms. The average Bonchev–Trinajstić information content (AvgIpc) is 2.84. The number of nitrogens with zero attached hydrogens (tertiary/aromatic N) is 3. The van der Waals surface area contributed by atoms with E-state index in [1.165, 1.54) is 11.3 Å². The molecule has 0 spiro atoms. The first-order valence-corrected chi connectivity index (χ1v) is 5.57. The molecule has 0 aliphatic carbocycles. The fourth-order valence-electron chi connectivity index (χ4n) is 1.24. The first-order valence-electron chi connectivity index (χ1n) is 4.75. The summed E-state index contributed by atoms with van der Waals surface area (Å²) in [7, 11) is 0. The molecule has 0 aliphatic heterocycles. The van der Waals surface area contributed by atoms with Crippen LogP contribution in [0, 0.1) is 0 Å². The molecule has 0 aromatic carbocycles. The number of hydrogen-bond donors (Lipinski definition) is 2. The van der Waals surface area contributed by atoms with Crippen molar-refractivity contribution in [3.8, 4) is 0 Å². The van der Waals surface area contributed by atoms with Crippen molar-refractivity contribution in [2.75, 3.05) is 17.6 Å². The Morgan fingerprint density at radius 1 is 1.53 bits per heavy atom. The van der Waals surface area contributed by atoms with Crippen LogP contribution in [0.3, 0.4) is 0 Å². The predicted molar refractivity (Wildman–Crippen MR) is 61.9 cm³/mol. The zero-order valence-electron chi connectivity index (χ0n) is 8.26. The van der Waals surface area contributed by atoms with Gasteiger partial charge in [0.2, 0.25) is 0 Å². The van der Waals surface area contributed by atoms with Crippen LogP contribution in [0.4, 0.5) is 10.1 Å². The summed E-state index contributed by atoms with van der Waals surface area (Å²) in [5.41, 5.74) is 5.56. The van der Waals surface area contributed by atoms with E-state index in [0.717, 1.165) is 29.6 Å². The van der Waals surface area contributed by atoms with Crippen molar-refractivity contribution in [1.82, 2.24) is 14.5 Å². The Bertz CT molecular complexity index is 394. The normalized spacial score (nSPS) is 10.4. The number of rotatable bonds is 5. The Kier molecular flexibility index (Phi) is 3.18. The summed E-state index contributed by atoms with van der Waals surface area (Å²) in [6.45, 7) is 1.86. The van der Waals surface area contributed by atoms with E-state index >= 15 is 0 Å². The van der Waals surface area contributed by atoms with Crippen molar-refractivity contribution in [3.05, 3.63) is 24.9 Å². The first-order chi connectivity index (χ1) is 7.34. The number of nitrogens with one attached hydrogen (secondary N) is 1. The summed E-state index contributed by atoms with van der Waals surface area (Å²) in [6, 6.07) is 0. The minimum absolute atomic E-state index is 0.743. The standard InChI is InChI=1S/C9H13N5S/c10-8-6-13-9(15-8)12-2-1-4-14-5-3-11-7-14/h3,5-7H,1-2,4,10H2,(H,12,13). The van der Waals surface area contributed by atoms with E-state index in [9.17, 15) is 0 Å². The fourth-order valence-corrected chi connectivity index (χ4v) is 1.85. The summed E-state index contributed by atoms with van der Waals surface area (Å²) in [5.74, 6) is 0. The van der Waals surface area contributed by atoms with Crippen LogP contribution in [0.1, 0.15) is 6.42 Å². The Balaban J connectivity index is 1.67. The largest absolute Gasteiger partial charge is 0.389 e. The molecule has 2 aromatic rings. The summed E-state index contributed by atoms with van der Waals surface area (Å²) in [5, 5.41) is 4.85. The molecule has 80 valence electrons. The molecule has 5 nitrogen and oxygen atoms in total. The Labute approximate surface area is 92.0 Å². The molecule has 0 aliphatic rings. The molecule has 0 saturated carbocycles. The van der Waals surface area contributed by atoms with E-state index in [0.29, 0.717) is 0 Å². The molecule has 0 radical (unpaired) electrons. The highest BCUT2D eigenvalue weighted by molar-refractivity contribution is 7.19. The van der Waals surface area contributed by atoms with Crippen LogP contribution < -0.4 is 11.1 Å². The first kappa shape index (κ1) is 9.97. The van der Waals surface area contributed by atoms with Gasteiger partial charge in [-0.3, -0.25) is 0 Å². The quantitative estimate of drug-likeness (QED) is 0.752. The second kappa shape index (κ2) is 4.79. The van der Waals surface area contributed by atoms with Gasteiger partial charge in [-0.15, -0.1) is 0 Å². The van der Waals surface area contributed by atoms with E-state index in [2.05, 4.69) is 19.9 Å². The van der Waals surface area contributed by atoms with Gasteiger partial charge in [-0.1, -0.05) is 11.3 Å². The molecule has 2 rings (SSSR count). The van der Waals surface area contributed by atoms with E-state index in [1.54, 1.807) is 12.4 Å². The molecular formula is C9H13N5S. The van der Waals surface area contributed by atoms with E-state index in [-0.39, 0.29) is 0 Å². The lowest BCUT2D eigenvalue weighted by atomic mass is 10.4. The van der Waals surface area contributed by atoms with Gasteiger partial charge in [-0.2, -0.15) is 0 Å². The third-order valence-electron chi connectivity index (χ3n) is 1.95. The summed E-state index contributed by atoms with van der Waals surface area (Å²) < 4.78 is 2.05. The summed E-state index contributed by atoms with van der Waals surface area (Å²) in [6.07, 6.45) is 8.27. The second-order valence-corrected chi connectivity index (χ2v) is 4.21. The average molecular weight is 223 g/mol. The lowest BCUT2D eigenvalue weighted by Gasteiger charge is -2.02. The highest BCUT2D eigenvalue weighted by atomic mass is 32.1. The Morgan fingerprint density at radius 2 is 2.47 bits per heavy atom. The number of thiazole rings is 1. The molecule has 0 bridgehead atoms. The summed E-state index contributed by atoms with van der Waals surface area (Å²) >= 11 is 1.47. The molecule has 3 N–H and O–H groups in total. The van der Waals surface area contributed by atoms with Crippen LogP contribution in [-0.2, 0) is 6.54 Å². The van der Waals surface area contributed by atoms with Gasteiger partial charge in [-0.25, -0.2) is 9.97 Å². The van der Waals surface area contributed by atoms with Gasteiger partial charge in [0.05, 0.1) is 12.5 Å². The Hall–Kier alpha value is -1.56. The van der Waals surface area contributed by atoms with Crippen LogP contribution in [0.5, 0.6) is 0 Å². The third-order valence-corrected chi connectivity index (χ3v) is 2.74. The molecule has 0 fully saturated rings. The number of aryl methyl sites for hydroxylation is 1. The van der Waals surface area contributed by atoms with Crippen LogP contribution in [-0.4, -0.2) is 21.1 Å². The van der Waals surface area contributed by atoms with Gasteiger partial charge in [0, 0.05) is 25.5 Å². The Morgan fingerprint density at radius 3 is 3.13 bits per heavy atom. The number of hydrogen-bond acceptors (Lipinski definition) is 5. The second-order valence-electron chi connectivity index (χ2n) is 3.15. The van der Waals surface area contributed by atoms with Crippen molar-refractivity contribution >= 4 is 21.5 Å². The summed E-state index contributed by atoms with van der Waals surface area (Å²) in [4.78, 5) is 8.09. The van der Waals surface area contributed by atoms with Gasteiger partial charge in [-0.05, 0) is 6.42 Å². The lowest BCUT2D eigenvalue weighted by Crippen LogP contribution is -2.05. The predicted octanol–water partition coefficient (Wildman–Crippen LogP) is 1.42. The number of aromatic nitrogens is 3. The molecule has 2 aromatic heterocycles. The van der Waals surface area contributed by atoms with Crippen molar-refractivity contribution in [2.24, 2.45) is 0 Å². The fraction of sp³-hybridized carbons (Fsp3) is 0.333. The third kappa shape index (κ3) is 2.95. The number of nitrogen functional groups attached to an aromatic ring is 1. The highest BCUT2D eigenvalue weighted by Gasteiger charge is 1.97. The molecular weight excluding hydrogens is 210 g/mol. The van der Waals surface area contributed by atoms with Crippen LogP contribution in [0.2, 0.25) is 0 Å². The van der Waals surface area contributed by atoms with Crippen LogP contribution in [0.25, 0.3) is 0 Å². The topological polar surface area (TPSA) is 68.8 Å². The maximum atomic E-state index is 5.56. The smallest absolute Gasteiger partial charge is 0.184 e. The van der Waals surface area contributed by atoms with Gasteiger partial charge < -0.3 is 15.6 Å². The van der Waals surface area contributed by atoms with Gasteiger partial charge in [0.15, 0.2) is 5.13 Å². The minimum Gasteiger partial charge on any atom is -0.389 e. The van der Waals surface area contributed by atoms with Crippen molar-refractivity contribution in [1.29, 1.82) is 0 Å². The van der Waals surface area contributed by atoms with Crippen molar-refractivity contribution in [2.45, 2.75) is 13.0 Å². The van der Waals surface area contributed by atoms with Crippen molar-refractivity contribution in [3.63, 3.8) is 0 Å². The van der Waals surface area contributed by atoms with E-state index in [4.69, 9.17) is 5.73 Å². The molecule has 0 amide bonds. The number of imidazole rings is 1. The monoisotopic (exact) mass is 223 g/mol. The molecule has 15 heavy (non-hydrogen) atoms. The minimum atomic E-state index is 0.743. The molecule has 0 saturated heterocycles. The number of nitrogens with two attached hydrogens (primary N) is 1. The van der Waals surface area contributed by atoms with Crippen LogP contribution >= 0.6 is 11.3 Å². The zero-order valence-corrected chi connectivity index (χ0v) is 9.07. The molecule has 2 heterocycles. The van der Waals surface area contributed by atoms with Gasteiger partial charge in [0.25, 0.3) is 0 Å². The van der Waals surface area contributed by atoms with Gasteiger partial charge in [0.1, 0.15) is 5.00 Å². The zero-order chi connectivity index (χ0) is 10.5. The number of anilines is 2. The molecule has 0 atom stereocenters. The maximum absolute atomic E-state index is 5.56. The van der Waals surface area contributed by atoms with Crippen LogP contribution in [0.15, 0.2) is 24.9 Å². The van der Waals surface area contributed by atoms with E-state index < -0.39 is 0 Å². The van der Waals surface area contributed by atoms with E-state index in [1.807, 2.05) is 12.5 Å². The highest BCUT2D eigenvalue weighted by Crippen LogP contribution is 2.19. The maximum Gasteiger partial charge on any atom is 0.184 e. The molecule has 0 unspecified atom stereocenters. The van der Waals surface area contributed by atoms with Crippen molar-refractivity contribution < 1.29 is 0 Å². The van der Waals surface area contributed by atoms with Gasteiger partial charge >= 0.3 is 0 Å².